The molecule has 0 fully saturated rings. The first-order chi connectivity index (χ1) is 13.5. The van der Waals surface area contributed by atoms with Gasteiger partial charge in [0.1, 0.15) is 6.61 Å². The van der Waals surface area contributed by atoms with E-state index in [-0.39, 0.29) is 6.04 Å². The molecule has 0 saturated heterocycles. The van der Waals surface area contributed by atoms with Gasteiger partial charge >= 0.3 is 0 Å². The highest BCUT2D eigenvalue weighted by Gasteiger charge is 2.32. The van der Waals surface area contributed by atoms with Crippen LogP contribution in [0.1, 0.15) is 41.2 Å². The van der Waals surface area contributed by atoms with Gasteiger partial charge in [0, 0.05) is 49.3 Å². The monoisotopic (exact) mass is 376 g/mol. The fraction of sp³-hybridized carbons (Fsp3) is 0.333. The molecule has 0 unspecified atom stereocenters. The number of methoxy groups -OCH3 is 1. The van der Waals surface area contributed by atoms with E-state index in [0.717, 1.165) is 41.2 Å². The lowest BCUT2D eigenvalue weighted by Crippen LogP contribution is -2.20. The fourth-order valence-electron chi connectivity index (χ4n) is 3.66. The summed E-state index contributed by atoms with van der Waals surface area (Å²) in [6, 6.07) is 8.48. The molecule has 7 heteroatoms. The Hall–Kier alpha value is -2.90. The van der Waals surface area contributed by atoms with E-state index in [0.29, 0.717) is 18.4 Å². The summed E-state index contributed by atoms with van der Waals surface area (Å²) in [4.78, 5) is 20.2. The minimum absolute atomic E-state index is 0.141. The second kappa shape index (κ2) is 7.61. The summed E-state index contributed by atoms with van der Waals surface area (Å²) in [5.74, 6) is 1.00. The Balaban J connectivity index is 1.62. The lowest BCUT2D eigenvalue weighted by Gasteiger charge is -2.20. The van der Waals surface area contributed by atoms with Crippen LogP contribution in [0.25, 0.3) is 11.3 Å². The molecule has 4 rings (SSSR count). The van der Waals surface area contributed by atoms with Gasteiger partial charge in [0.25, 0.3) is 0 Å². The fourth-order valence-corrected chi connectivity index (χ4v) is 3.66. The Morgan fingerprint density at radius 2 is 2.00 bits per heavy atom. The standard InChI is InChI=1S/C21H24N6O/c1-13-5-4-6-16(7-13)20-17-11-27(14(2)19(17)25-21(22)26-20)10-15-8-23-18(12-28-3)24-9-15/h4-9,14H,10-12H2,1-3H3,(H2,22,25,26)/t14-/m0/s1. The van der Waals surface area contributed by atoms with Crippen molar-refractivity contribution in [1.29, 1.82) is 0 Å². The van der Waals surface area contributed by atoms with Crippen LogP contribution in [0.5, 0.6) is 0 Å². The highest BCUT2D eigenvalue weighted by Crippen LogP contribution is 2.38. The first-order valence-corrected chi connectivity index (χ1v) is 9.31. The molecule has 1 atom stereocenters. The molecule has 2 N–H and O–H groups in total. The van der Waals surface area contributed by atoms with E-state index in [9.17, 15) is 0 Å². The van der Waals surface area contributed by atoms with E-state index in [1.165, 1.54) is 5.56 Å². The molecule has 0 saturated carbocycles. The van der Waals surface area contributed by atoms with Gasteiger partial charge in [-0.15, -0.1) is 0 Å². The van der Waals surface area contributed by atoms with E-state index in [1.54, 1.807) is 7.11 Å². The average Bonchev–Trinajstić information content (AvgIpc) is 2.99. The van der Waals surface area contributed by atoms with Gasteiger partial charge in [-0.1, -0.05) is 23.8 Å². The third kappa shape index (κ3) is 3.58. The smallest absolute Gasteiger partial charge is 0.220 e. The third-order valence-electron chi connectivity index (χ3n) is 5.07. The predicted molar refractivity (Wildman–Crippen MR) is 107 cm³/mol. The summed E-state index contributed by atoms with van der Waals surface area (Å²) in [6.07, 6.45) is 3.72. The van der Waals surface area contributed by atoms with Crippen molar-refractivity contribution in [2.24, 2.45) is 0 Å². The zero-order valence-corrected chi connectivity index (χ0v) is 16.4. The maximum Gasteiger partial charge on any atom is 0.220 e. The van der Waals surface area contributed by atoms with Crippen LogP contribution in [0.4, 0.5) is 5.95 Å². The van der Waals surface area contributed by atoms with Gasteiger partial charge in [-0.3, -0.25) is 4.90 Å². The number of nitrogen functional groups attached to an aromatic ring is 1. The van der Waals surface area contributed by atoms with Crippen molar-refractivity contribution in [2.45, 2.75) is 39.6 Å². The Bertz CT molecular complexity index is 989. The highest BCUT2D eigenvalue weighted by atomic mass is 16.5. The van der Waals surface area contributed by atoms with Crippen molar-refractivity contribution in [3.8, 4) is 11.3 Å². The van der Waals surface area contributed by atoms with E-state index >= 15 is 0 Å². The third-order valence-corrected chi connectivity index (χ3v) is 5.07. The molecule has 3 aromatic rings. The molecule has 3 heterocycles. The van der Waals surface area contributed by atoms with Crippen LogP contribution in [0.3, 0.4) is 0 Å². The maximum atomic E-state index is 6.04. The molecule has 1 aliphatic rings. The van der Waals surface area contributed by atoms with Crippen LogP contribution >= 0.6 is 0 Å². The van der Waals surface area contributed by atoms with Crippen molar-refractivity contribution < 1.29 is 4.74 Å². The number of aryl methyl sites for hydroxylation is 1. The molecule has 0 bridgehead atoms. The second-order valence-corrected chi connectivity index (χ2v) is 7.19. The van der Waals surface area contributed by atoms with Crippen LogP contribution in [0.2, 0.25) is 0 Å². The van der Waals surface area contributed by atoms with Crippen molar-refractivity contribution in [3.63, 3.8) is 0 Å². The minimum Gasteiger partial charge on any atom is -0.377 e. The van der Waals surface area contributed by atoms with Crippen LogP contribution in [0, 0.1) is 6.92 Å². The summed E-state index contributed by atoms with van der Waals surface area (Å²) in [5.41, 5.74) is 12.4. The summed E-state index contributed by atoms with van der Waals surface area (Å²) < 4.78 is 5.07. The SMILES string of the molecule is COCc1ncc(CN2Cc3c(-c4cccc(C)c4)nc(N)nc3[C@@H]2C)cn1. The first-order valence-electron chi connectivity index (χ1n) is 9.31. The van der Waals surface area contributed by atoms with Crippen molar-refractivity contribution in [2.75, 3.05) is 12.8 Å². The van der Waals surface area contributed by atoms with Gasteiger partial charge in [0.2, 0.25) is 5.95 Å². The number of nitrogens with two attached hydrogens (primary N) is 1. The first kappa shape index (κ1) is 18.5. The second-order valence-electron chi connectivity index (χ2n) is 7.19. The van der Waals surface area contributed by atoms with Gasteiger partial charge in [-0.05, 0) is 19.9 Å². The Kier molecular flexibility index (Phi) is 5.02. The molecular weight excluding hydrogens is 352 g/mol. The molecule has 144 valence electrons. The van der Waals surface area contributed by atoms with Crippen LogP contribution in [-0.4, -0.2) is 31.9 Å². The van der Waals surface area contributed by atoms with Crippen LogP contribution < -0.4 is 5.73 Å². The molecule has 0 amide bonds. The van der Waals surface area contributed by atoms with E-state index in [2.05, 4.69) is 56.9 Å². The molecule has 7 nitrogen and oxygen atoms in total. The van der Waals surface area contributed by atoms with Crippen molar-refractivity contribution >= 4 is 5.95 Å². The van der Waals surface area contributed by atoms with Gasteiger partial charge in [-0.2, -0.15) is 0 Å². The zero-order valence-electron chi connectivity index (χ0n) is 16.4. The molecular formula is C21H24N6O. The number of benzene rings is 1. The number of aromatic nitrogens is 4. The summed E-state index contributed by atoms with van der Waals surface area (Å²) in [6.45, 7) is 6.15. The summed E-state index contributed by atoms with van der Waals surface area (Å²) in [5, 5.41) is 0. The molecule has 1 aliphatic heterocycles. The summed E-state index contributed by atoms with van der Waals surface area (Å²) >= 11 is 0. The topological polar surface area (TPSA) is 90.0 Å². The van der Waals surface area contributed by atoms with Crippen LogP contribution in [-0.2, 0) is 24.4 Å². The lowest BCUT2D eigenvalue weighted by atomic mass is 10.0. The van der Waals surface area contributed by atoms with Gasteiger partial charge < -0.3 is 10.5 Å². The molecule has 0 aliphatic carbocycles. The van der Waals surface area contributed by atoms with Gasteiger partial charge in [-0.25, -0.2) is 19.9 Å². The highest BCUT2D eigenvalue weighted by molar-refractivity contribution is 5.66. The Labute approximate surface area is 164 Å². The number of rotatable bonds is 5. The quantitative estimate of drug-likeness (QED) is 0.732. The largest absolute Gasteiger partial charge is 0.377 e. The van der Waals surface area contributed by atoms with E-state index in [4.69, 9.17) is 10.5 Å². The minimum atomic E-state index is 0.141. The normalized spacial score (nSPS) is 16.3. The van der Waals surface area contributed by atoms with Gasteiger partial charge in [0.05, 0.1) is 17.4 Å². The van der Waals surface area contributed by atoms with E-state index in [1.807, 2.05) is 18.5 Å². The predicted octanol–water partition coefficient (Wildman–Crippen LogP) is 3.05. The Morgan fingerprint density at radius 1 is 1.21 bits per heavy atom. The van der Waals surface area contributed by atoms with Crippen molar-refractivity contribution in [3.05, 3.63) is 64.9 Å². The number of hydrogen-bond acceptors (Lipinski definition) is 7. The summed E-state index contributed by atoms with van der Waals surface area (Å²) in [7, 11) is 1.64. The van der Waals surface area contributed by atoms with Crippen LogP contribution in [0.15, 0.2) is 36.7 Å². The number of nitrogens with zero attached hydrogens (tertiary/aromatic N) is 5. The molecule has 0 spiro atoms. The molecule has 2 aromatic heterocycles. The molecule has 28 heavy (non-hydrogen) atoms. The maximum absolute atomic E-state index is 6.04. The van der Waals surface area contributed by atoms with Crippen molar-refractivity contribution in [1.82, 2.24) is 24.8 Å². The molecule has 0 radical (unpaired) electrons. The lowest BCUT2D eigenvalue weighted by molar-refractivity contribution is 0.177. The number of hydrogen-bond donors (Lipinski definition) is 1. The zero-order chi connectivity index (χ0) is 19.7. The van der Waals surface area contributed by atoms with E-state index < -0.39 is 0 Å². The number of anilines is 1. The Morgan fingerprint density at radius 3 is 2.71 bits per heavy atom. The molecule has 1 aromatic carbocycles. The number of ether oxygens (including phenoxy) is 1. The number of fused-ring (bicyclic) bond motifs is 1. The van der Waals surface area contributed by atoms with Gasteiger partial charge in [0.15, 0.2) is 5.82 Å². The average molecular weight is 376 g/mol.